The maximum Gasteiger partial charge on any atom is 0.237 e. The highest BCUT2D eigenvalue weighted by Gasteiger charge is 2.34. The van der Waals surface area contributed by atoms with Crippen molar-refractivity contribution >= 4 is 5.91 Å². The number of hydrogen-bond acceptors (Lipinski definition) is 5. The third kappa shape index (κ3) is 4.80. The quantitative estimate of drug-likeness (QED) is 0.791. The van der Waals surface area contributed by atoms with Gasteiger partial charge in [-0.15, -0.1) is 0 Å². The van der Waals surface area contributed by atoms with Crippen molar-refractivity contribution in [2.24, 2.45) is 5.73 Å². The molecule has 0 saturated carbocycles. The average molecular weight is 354 g/mol. The SMILES string of the molecule is CCNC(=O)[C@@H]1C[C@@H](N)CN1Cc1cccc(OCc2ccccn2)c1. The summed E-state index contributed by atoms with van der Waals surface area (Å²) in [4.78, 5) is 18.7. The maximum atomic E-state index is 12.3. The van der Waals surface area contributed by atoms with Gasteiger partial charge in [0.2, 0.25) is 5.91 Å². The summed E-state index contributed by atoms with van der Waals surface area (Å²) in [5, 5.41) is 2.91. The van der Waals surface area contributed by atoms with Gasteiger partial charge >= 0.3 is 0 Å². The molecule has 0 aliphatic carbocycles. The third-order valence-electron chi connectivity index (χ3n) is 4.49. The third-order valence-corrected chi connectivity index (χ3v) is 4.49. The van der Waals surface area contributed by atoms with E-state index in [4.69, 9.17) is 10.5 Å². The molecular formula is C20H26N4O2. The Morgan fingerprint density at radius 3 is 3.00 bits per heavy atom. The van der Waals surface area contributed by atoms with E-state index in [1.807, 2.05) is 49.4 Å². The molecule has 1 aliphatic rings. The van der Waals surface area contributed by atoms with Crippen LogP contribution in [0.3, 0.4) is 0 Å². The number of carbonyl (C=O) groups excluding carboxylic acids is 1. The summed E-state index contributed by atoms with van der Waals surface area (Å²) in [6.45, 7) is 4.40. The molecule has 0 radical (unpaired) electrons. The molecule has 3 N–H and O–H groups in total. The van der Waals surface area contributed by atoms with Gasteiger partial charge in [-0.05, 0) is 43.2 Å². The molecule has 1 aromatic heterocycles. The van der Waals surface area contributed by atoms with Crippen molar-refractivity contribution < 1.29 is 9.53 Å². The van der Waals surface area contributed by atoms with Crippen molar-refractivity contribution in [2.45, 2.75) is 38.6 Å². The van der Waals surface area contributed by atoms with Crippen LogP contribution in [0.5, 0.6) is 5.75 Å². The number of nitrogens with two attached hydrogens (primary N) is 1. The first-order valence-electron chi connectivity index (χ1n) is 9.04. The standard InChI is InChI=1S/C20H26N4O2/c1-2-22-20(25)19-11-16(21)13-24(19)12-15-6-5-8-18(10-15)26-14-17-7-3-4-9-23-17/h3-10,16,19H,2,11-14,21H2,1H3,(H,22,25)/t16-,19+/m1/s1. The Morgan fingerprint density at radius 2 is 2.23 bits per heavy atom. The van der Waals surface area contributed by atoms with Crippen LogP contribution in [0.2, 0.25) is 0 Å². The first-order valence-corrected chi connectivity index (χ1v) is 9.04. The van der Waals surface area contributed by atoms with Crippen molar-refractivity contribution in [1.29, 1.82) is 0 Å². The normalized spacial score (nSPS) is 20.1. The summed E-state index contributed by atoms with van der Waals surface area (Å²) < 4.78 is 5.85. The van der Waals surface area contributed by atoms with Crippen molar-refractivity contribution in [3.05, 3.63) is 59.9 Å². The molecule has 1 fully saturated rings. The second kappa shape index (κ2) is 8.78. The molecule has 0 spiro atoms. The summed E-state index contributed by atoms with van der Waals surface area (Å²) in [7, 11) is 0. The highest BCUT2D eigenvalue weighted by molar-refractivity contribution is 5.82. The number of hydrogen-bond donors (Lipinski definition) is 2. The van der Waals surface area contributed by atoms with Crippen LogP contribution in [0.15, 0.2) is 48.7 Å². The fourth-order valence-corrected chi connectivity index (χ4v) is 3.29. The molecule has 1 amide bonds. The molecule has 6 heteroatoms. The van der Waals surface area contributed by atoms with E-state index in [0.29, 0.717) is 26.1 Å². The Balaban J connectivity index is 1.63. The lowest BCUT2D eigenvalue weighted by Crippen LogP contribution is -2.42. The summed E-state index contributed by atoms with van der Waals surface area (Å²) in [6.07, 6.45) is 2.45. The zero-order valence-corrected chi connectivity index (χ0v) is 15.1. The minimum atomic E-state index is -0.164. The molecule has 138 valence electrons. The molecule has 2 atom stereocenters. The fraction of sp³-hybridized carbons (Fsp3) is 0.400. The highest BCUT2D eigenvalue weighted by atomic mass is 16.5. The van der Waals surface area contributed by atoms with Crippen LogP contribution in [0.1, 0.15) is 24.6 Å². The Bertz CT molecular complexity index is 723. The number of ether oxygens (including phenoxy) is 1. The van der Waals surface area contributed by atoms with Gasteiger partial charge in [0.15, 0.2) is 0 Å². The van der Waals surface area contributed by atoms with Gasteiger partial charge in [-0.2, -0.15) is 0 Å². The number of likely N-dealkylation sites (N-methyl/N-ethyl adjacent to an activating group) is 1. The lowest BCUT2D eigenvalue weighted by Gasteiger charge is -2.23. The number of benzene rings is 1. The first-order chi connectivity index (χ1) is 12.7. The average Bonchev–Trinajstić information content (AvgIpc) is 3.02. The zero-order valence-electron chi connectivity index (χ0n) is 15.1. The Hall–Kier alpha value is -2.44. The van der Waals surface area contributed by atoms with Crippen LogP contribution in [0.4, 0.5) is 0 Å². The van der Waals surface area contributed by atoms with E-state index >= 15 is 0 Å². The first kappa shape index (κ1) is 18.4. The molecular weight excluding hydrogens is 328 g/mol. The molecule has 6 nitrogen and oxygen atoms in total. The number of pyridine rings is 1. The van der Waals surface area contributed by atoms with Gasteiger partial charge in [-0.1, -0.05) is 18.2 Å². The molecule has 3 rings (SSSR count). The van der Waals surface area contributed by atoms with E-state index in [-0.39, 0.29) is 18.0 Å². The van der Waals surface area contributed by atoms with Crippen LogP contribution >= 0.6 is 0 Å². The molecule has 0 unspecified atom stereocenters. The molecule has 1 aromatic carbocycles. The second-order valence-corrected chi connectivity index (χ2v) is 6.59. The number of rotatable bonds is 7. The van der Waals surface area contributed by atoms with Crippen molar-refractivity contribution in [1.82, 2.24) is 15.2 Å². The number of carbonyl (C=O) groups is 1. The Kier molecular flexibility index (Phi) is 6.20. The number of amides is 1. The Labute approximate surface area is 154 Å². The van der Waals surface area contributed by atoms with Crippen LogP contribution in [-0.4, -0.2) is 41.0 Å². The maximum absolute atomic E-state index is 12.3. The fourth-order valence-electron chi connectivity index (χ4n) is 3.29. The van der Waals surface area contributed by atoms with Gasteiger partial charge in [-0.25, -0.2) is 0 Å². The van der Waals surface area contributed by atoms with Gasteiger partial charge in [0.25, 0.3) is 0 Å². The highest BCUT2D eigenvalue weighted by Crippen LogP contribution is 2.22. The zero-order chi connectivity index (χ0) is 18.4. The van der Waals surface area contributed by atoms with Crippen LogP contribution in [0, 0.1) is 0 Å². The molecule has 1 saturated heterocycles. The van der Waals surface area contributed by atoms with E-state index < -0.39 is 0 Å². The van der Waals surface area contributed by atoms with Crippen molar-refractivity contribution in [3.8, 4) is 5.75 Å². The largest absolute Gasteiger partial charge is 0.487 e. The topological polar surface area (TPSA) is 80.5 Å². The summed E-state index contributed by atoms with van der Waals surface area (Å²) in [6, 6.07) is 13.6. The van der Waals surface area contributed by atoms with E-state index in [1.165, 1.54) is 0 Å². The predicted octanol–water partition coefficient (Wildman–Crippen LogP) is 1.70. The van der Waals surface area contributed by atoms with Crippen LogP contribution in [-0.2, 0) is 17.9 Å². The van der Waals surface area contributed by atoms with Gasteiger partial charge in [0, 0.05) is 31.9 Å². The molecule has 26 heavy (non-hydrogen) atoms. The monoisotopic (exact) mass is 354 g/mol. The molecule has 0 bridgehead atoms. The Morgan fingerprint density at radius 1 is 1.35 bits per heavy atom. The minimum Gasteiger partial charge on any atom is -0.487 e. The number of aromatic nitrogens is 1. The second-order valence-electron chi connectivity index (χ2n) is 6.59. The summed E-state index contributed by atoms with van der Waals surface area (Å²) >= 11 is 0. The van der Waals surface area contributed by atoms with E-state index in [9.17, 15) is 4.79 Å². The summed E-state index contributed by atoms with van der Waals surface area (Å²) in [5.41, 5.74) is 8.08. The minimum absolute atomic E-state index is 0.0335. The van der Waals surface area contributed by atoms with Gasteiger partial charge in [0.05, 0.1) is 11.7 Å². The lowest BCUT2D eigenvalue weighted by molar-refractivity contribution is -0.125. The molecule has 2 aromatic rings. The van der Waals surface area contributed by atoms with Crippen LogP contribution < -0.4 is 15.8 Å². The smallest absolute Gasteiger partial charge is 0.237 e. The van der Waals surface area contributed by atoms with Crippen LogP contribution in [0.25, 0.3) is 0 Å². The van der Waals surface area contributed by atoms with Gasteiger partial charge < -0.3 is 15.8 Å². The molecule has 1 aliphatic heterocycles. The molecule has 2 heterocycles. The van der Waals surface area contributed by atoms with Crippen molar-refractivity contribution in [3.63, 3.8) is 0 Å². The number of nitrogens with zero attached hydrogens (tertiary/aromatic N) is 2. The van der Waals surface area contributed by atoms with Gasteiger partial charge in [-0.3, -0.25) is 14.7 Å². The lowest BCUT2D eigenvalue weighted by atomic mass is 10.1. The number of likely N-dealkylation sites (tertiary alicyclic amines) is 1. The van der Waals surface area contributed by atoms with E-state index in [2.05, 4.69) is 15.2 Å². The van der Waals surface area contributed by atoms with E-state index in [0.717, 1.165) is 23.6 Å². The van der Waals surface area contributed by atoms with Crippen molar-refractivity contribution in [2.75, 3.05) is 13.1 Å². The van der Waals surface area contributed by atoms with E-state index in [1.54, 1.807) is 6.20 Å². The number of nitrogens with one attached hydrogen (secondary N) is 1. The predicted molar refractivity (Wildman–Crippen MR) is 100 cm³/mol. The summed E-state index contributed by atoms with van der Waals surface area (Å²) in [5.74, 6) is 0.856. The van der Waals surface area contributed by atoms with Gasteiger partial charge in [0.1, 0.15) is 12.4 Å².